The molecule has 0 atom stereocenters. The van der Waals surface area contributed by atoms with Gasteiger partial charge in [0, 0.05) is 31.4 Å². The largest absolute Gasteiger partial charge is 0.497 e. The highest BCUT2D eigenvalue weighted by Crippen LogP contribution is 2.29. The third-order valence-corrected chi connectivity index (χ3v) is 3.39. The molecule has 0 aliphatic carbocycles. The number of methoxy groups -OCH3 is 1. The first kappa shape index (κ1) is 15.1. The predicted octanol–water partition coefficient (Wildman–Crippen LogP) is 2.67. The molecule has 112 valence electrons. The Morgan fingerprint density at radius 1 is 1.15 bits per heavy atom. The van der Waals surface area contributed by atoms with Gasteiger partial charge in [-0.2, -0.15) is 0 Å². The Kier molecular flexibility index (Phi) is 3.98. The van der Waals surface area contributed by atoms with Crippen molar-refractivity contribution in [3.05, 3.63) is 23.8 Å². The minimum Gasteiger partial charge on any atom is -0.497 e. The minimum absolute atomic E-state index is 0.133. The second-order valence-corrected chi connectivity index (χ2v) is 6.88. The average molecular weight is 278 g/mol. The Labute approximate surface area is 121 Å². The lowest BCUT2D eigenvalue weighted by Crippen LogP contribution is -2.56. The molecule has 4 heteroatoms. The van der Waals surface area contributed by atoms with Crippen molar-refractivity contribution in [1.29, 1.82) is 0 Å². The van der Waals surface area contributed by atoms with E-state index < -0.39 is 0 Å². The molecule has 2 rings (SSSR count). The van der Waals surface area contributed by atoms with Crippen molar-refractivity contribution >= 4 is 5.69 Å². The summed E-state index contributed by atoms with van der Waals surface area (Å²) < 4.78 is 11.4. The third-order valence-electron chi connectivity index (χ3n) is 3.39. The smallest absolute Gasteiger partial charge is 0.121 e. The molecule has 1 aromatic rings. The second-order valence-electron chi connectivity index (χ2n) is 6.88. The van der Waals surface area contributed by atoms with E-state index in [1.165, 1.54) is 5.56 Å². The molecule has 1 saturated heterocycles. The van der Waals surface area contributed by atoms with E-state index in [2.05, 4.69) is 32.6 Å². The van der Waals surface area contributed by atoms with Crippen molar-refractivity contribution < 1.29 is 9.47 Å². The van der Waals surface area contributed by atoms with E-state index in [4.69, 9.17) is 15.2 Å². The van der Waals surface area contributed by atoms with Gasteiger partial charge >= 0.3 is 0 Å². The standard InChI is InChI=1S/C16H26N2O2/c1-15(2)10-18(11-16(3,4)20-15)9-12-6-13(17)8-14(7-12)19-5/h6-8H,9-11,17H2,1-5H3. The van der Waals surface area contributed by atoms with Crippen LogP contribution in [0.25, 0.3) is 0 Å². The minimum atomic E-state index is -0.133. The quantitative estimate of drug-likeness (QED) is 0.864. The third kappa shape index (κ3) is 3.87. The fourth-order valence-corrected chi connectivity index (χ4v) is 3.21. The number of rotatable bonds is 3. The first-order valence-corrected chi connectivity index (χ1v) is 7.05. The monoisotopic (exact) mass is 278 g/mol. The molecule has 0 unspecified atom stereocenters. The van der Waals surface area contributed by atoms with Crippen LogP contribution in [0.2, 0.25) is 0 Å². The van der Waals surface area contributed by atoms with Gasteiger partial charge in [-0.15, -0.1) is 0 Å². The van der Waals surface area contributed by atoms with Crippen molar-refractivity contribution in [2.24, 2.45) is 0 Å². The highest BCUT2D eigenvalue weighted by molar-refractivity contribution is 5.47. The van der Waals surface area contributed by atoms with E-state index in [-0.39, 0.29) is 11.2 Å². The van der Waals surface area contributed by atoms with Crippen molar-refractivity contribution in [2.45, 2.75) is 45.4 Å². The maximum absolute atomic E-state index is 6.11. The fourth-order valence-electron chi connectivity index (χ4n) is 3.21. The molecule has 0 radical (unpaired) electrons. The molecule has 1 fully saturated rings. The van der Waals surface area contributed by atoms with Crippen molar-refractivity contribution in [3.63, 3.8) is 0 Å². The Balaban J connectivity index is 2.15. The molecule has 1 aliphatic heterocycles. The number of nitrogens with zero attached hydrogens (tertiary/aromatic N) is 1. The van der Waals surface area contributed by atoms with E-state index in [9.17, 15) is 0 Å². The molecule has 4 nitrogen and oxygen atoms in total. The first-order chi connectivity index (χ1) is 9.19. The lowest BCUT2D eigenvalue weighted by molar-refractivity contribution is -0.182. The van der Waals surface area contributed by atoms with Crippen LogP contribution in [0.4, 0.5) is 5.69 Å². The summed E-state index contributed by atoms with van der Waals surface area (Å²) in [5.41, 5.74) is 7.58. The molecular formula is C16H26N2O2. The van der Waals surface area contributed by atoms with Crippen molar-refractivity contribution in [2.75, 3.05) is 25.9 Å². The SMILES string of the molecule is COc1cc(N)cc(CN2CC(C)(C)OC(C)(C)C2)c1. The molecule has 0 saturated carbocycles. The molecule has 0 bridgehead atoms. The normalized spacial score (nSPS) is 21.6. The Morgan fingerprint density at radius 2 is 1.75 bits per heavy atom. The van der Waals surface area contributed by atoms with Gasteiger partial charge in [0.2, 0.25) is 0 Å². The van der Waals surface area contributed by atoms with Crippen LogP contribution < -0.4 is 10.5 Å². The molecule has 0 amide bonds. The summed E-state index contributed by atoms with van der Waals surface area (Å²) >= 11 is 0. The molecule has 0 spiro atoms. The number of nitrogens with two attached hydrogens (primary N) is 1. The Bertz CT molecular complexity index is 467. The second kappa shape index (κ2) is 5.26. The number of hydrogen-bond acceptors (Lipinski definition) is 4. The van der Waals surface area contributed by atoms with E-state index in [0.717, 1.165) is 31.1 Å². The predicted molar refractivity (Wildman–Crippen MR) is 81.9 cm³/mol. The zero-order valence-electron chi connectivity index (χ0n) is 13.2. The summed E-state index contributed by atoms with van der Waals surface area (Å²) in [5, 5.41) is 0. The number of hydrogen-bond donors (Lipinski definition) is 1. The van der Waals surface area contributed by atoms with Gasteiger partial charge in [-0.05, 0) is 45.4 Å². The number of nitrogen functional groups attached to an aromatic ring is 1. The van der Waals surface area contributed by atoms with Crippen molar-refractivity contribution in [1.82, 2.24) is 4.90 Å². The van der Waals surface area contributed by atoms with Crippen LogP contribution in [-0.2, 0) is 11.3 Å². The van der Waals surface area contributed by atoms with Gasteiger partial charge in [-0.3, -0.25) is 4.90 Å². The van der Waals surface area contributed by atoms with Gasteiger partial charge in [0.05, 0.1) is 18.3 Å². The van der Waals surface area contributed by atoms with Crippen LogP contribution in [0.1, 0.15) is 33.3 Å². The molecule has 1 aliphatic rings. The first-order valence-electron chi connectivity index (χ1n) is 7.05. The van der Waals surface area contributed by atoms with Crippen LogP contribution >= 0.6 is 0 Å². The number of ether oxygens (including phenoxy) is 2. The van der Waals surface area contributed by atoms with E-state index in [1.807, 2.05) is 18.2 Å². The lowest BCUT2D eigenvalue weighted by Gasteiger charge is -2.47. The fraction of sp³-hybridized carbons (Fsp3) is 0.625. The topological polar surface area (TPSA) is 47.7 Å². The van der Waals surface area contributed by atoms with E-state index >= 15 is 0 Å². The zero-order valence-corrected chi connectivity index (χ0v) is 13.2. The van der Waals surface area contributed by atoms with Crippen LogP contribution in [0.5, 0.6) is 5.75 Å². The zero-order chi connectivity index (χ0) is 15.0. The van der Waals surface area contributed by atoms with Crippen LogP contribution in [0, 0.1) is 0 Å². The molecule has 2 N–H and O–H groups in total. The Morgan fingerprint density at radius 3 is 2.30 bits per heavy atom. The summed E-state index contributed by atoms with van der Waals surface area (Å²) in [7, 11) is 1.67. The molecule has 20 heavy (non-hydrogen) atoms. The van der Waals surface area contributed by atoms with Crippen LogP contribution in [0.3, 0.4) is 0 Å². The molecule has 1 heterocycles. The summed E-state index contributed by atoms with van der Waals surface area (Å²) in [6, 6.07) is 5.90. The van der Waals surface area contributed by atoms with Crippen LogP contribution in [-0.4, -0.2) is 36.3 Å². The van der Waals surface area contributed by atoms with Gasteiger partial charge in [-0.1, -0.05) is 0 Å². The van der Waals surface area contributed by atoms with E-state index in [0.29, 0.717) is 0 Å². The summed E-state index contributed by atoms with van der Waals surface area (Å²) in [6.07, 6.45) is 0. The van der Waals surface area contributed by atoms with Gasteiger partial charge < -0.3 is 15.2 Å². The maximum atomic E-state index is 6.11. The number of anilines is 1. The summed E-state index contributed by atoms with van der Waals surface area (Å²) in [4.78, 5) is 2.41. The van der Waals surface area contributed by atoms with Gasteiger partial charge in [-0.25, -0.2) is 0 Å². The average Bonchev–Trinajstić information content (AvgIpc) is 2.23. The van der Waals surface area contributed by atoms with Crippen molar-refractivity contribution in [3.8, 4) is 5.75 Å². The van der Waals surface area contributed by atoms with Gasteiger partial charge in [0.1, 0.15) is 5.75 Å². The van der Waals surface area contributed by atoms with Gasteiger partial charge in [0.15, 0.2) is 0 Å². The summed E-state index contributed by atoms with van der Waals surface area (Å²) in [6.45, 7) is 11.2. The molecule has 0 aromatic heterocycles. The molecule has 1 aromatic carbocycles. The number of benzene rings is 1. The maximum Gasteiger partial charge on any atom is 0.121 e. The summed E-state index contributed by atoms with van der Waals surface area (Å²) in [5.74, 6) is 0.812. The highest BCUT2D eigenvalue weighted by atomic mass is 16.5. The van der Waals surface area contributed by atoms with Crippen LogP contribution in [0.15, 0.2) is 18.2 Å². The van der Waals surface area contributed by atoms with E-state index in [1.54, 1.807) is 7.11 Å². The Hall–Kier alpha value is -1.26. The lowest BCUT2D eigenvalue weighted by atomic mass is 9.98. The molecular weight excluding hydrogens is 252 g/mol. The van der Waals surface area contributed by atoms with Gasteiger partial charge in [0.25, 0.3) is 0 Å². The number of morpholine rings is 1. The highest BCUT2D eigenvalue weighted by Gasteiger charge is 2.37.